The Hall–Kier alpha value is -1.50. The second-order valence-corrected chi connectivity index (χ2v) is 11.5. The third-order valence-electron chi connectivity index (χ3n) is 6.43. The van der Waals surface area contributed by atoms with E-state index in [0.29, 0.717) is 117 Å². The van der Waals surface area contributed by atoms with Crippen molar-refractivity contribution in [3.05, 3.63) is 0 Å². The molecule has 2 rings (SSSR count). The summed E-state index contributed by atoms with van der Waals surface area (Å²) in [5.74, 6) is 1.01. The Kier molecular flexibility index (Phi) is 22.6. The van der Waals surface area contributed by atoms with Gasteiger partial charge in [0.15, 0.2) is 5.11 Å². The Bertz CT molecular complexity index is 760. The normalized spacial score (nSPS) is 19.2. The van der Waals surface area contributed by atoms with Crippen molar-refractivity contribution in [1.29, 1.82) is 0 Å². The fourth-order valence-corrected chi connectivity index (χ4v) is 5.94. The number of thioether (sulfide) groups is 1. The molecule has 0 spiro atoms. The van der Waals surface area contributed by atoms with Crippen LogP contribution in [-0.2, 0) is 38.0 Å². The van der Waals surface area contributed by atoms with Crippen LogP contribution in [0.15, 0.2) is 0 Å². The number of thiocarbonyl (C=S) groups is 1. The monoisotopic (exact) mass is 653 g/mol. The van der Waals surface area contributed by atoms with Gasteiger partial charge in [-0.15, -0.1) is 0 Å². The summed E-state index contributed by atoms with van der Waals surface area (Å²) in [4.78, 5) is 23.4. The molecule has 0 aromatic heterocycles. The van der Waals surface area contributed by atoms with Crippen molar-refractivity contribution in [2.75, 3.05) is 111 Å². The van der Waals surface area contributed by atoms with Crippen LogP contribution in [0, 0.1) is 0 Å². The van der Waals surface area contributed by atoms with Crippen molar-refractivity contribution < 1.29 is 42.7 Å². The number of nitrogens with two attached hydrogens (primary N) is 1. The first-order valence-electron chi connectivity index (χ1n) is 15.1. The van der Waals surface area contributed by atoms with Crippen LogP contribution in [-0.4, -0.2) is 146 Å². The molecule has 43 heavy (non-hydrogen) atoms. The lowest BCUT2D eigenvalue weighted by Crippen LogP contribution is -2.36. The number of amides is 3. The molecule has 0 radical (unpaired) electrons. The van der Waals surface area contributed by atoms with Gasteiger partial charge in [0.05, 0.1) is 105 Å². The van der Waals surface area contributed by atoms with Gasteiger partial charge in [0, 0.05) is 30.5 Å². The number of carbonyl (C=O) groups is 2. The standard InChI is InChI=1S/C27H51N5O9S2/c28-26(42)30-6-8-36-10-12-38-14-16-40-18-20-41-19-17-39-15-13-37-11-9-35-7-5-29-24(33)4-2-1-3-23-25-22(21-43-23)31-27(34)32-25/h22-23,25H,1-21H2,(H,29,33)(H3,28,30,42)(H2,31,32,34)/t22-,23-,25-/m0/s1. The van der Waals surface area contributed by atoms with Crippen LogP contribution in [0.4, 0.5) is 4.79 Å². The molecule has 2 heterocycles. The average Bonchev–Trinajstić information content (AvgIpc) is 3.54. The molecule has 0 saturated carbocycles. The molecule has 6 N–H and O–H groups in total. The molecular formula is C27H51N5O9S2. The zero-order valence-electron chi connectivity index (χ0n) is 25.1. The van der Waals surface area contributed by atoms with Crippen molar-refractivity contribution in [3.63, 3.8) is 0 Å². The molecule has 3 atom stereocenters. The zero-order chi connectivity index (χ0) is 30.8. The van der Waals surface area contributed by atoms with E-state index < -0.39 is 0 Å². The molecule has 0 aromatic carbocycles. The van der Waals surface area contributed by atoms with E-state index in [0.717, 1.165) is 25.0 Å². The number of urea groups is 1. The van der Waals surface area contributed by atoms with E-state index in [-0.39, 0.29) is 29.1 Å². The molecular weight excluding hydrogens is 602 g/mol. The first kappa shape index (κ1) is 37.7. The van der Waals surface area contributed by atoms with E-state index in [1.54, 1.807) is 0 Å². The lowest BCUT2D eigenvalue weighted by atomic mass is 10.0. The van der Waals surface area contributed by atoms with Gasteiger partial charge in [0.2, 0.25) is 5.91 Å². The lowest BCUT2D eigenvalue weighted by Gasteiger charge is -2.16. The predicted molar refractivity (Wildman–Crippen MR) is 167 cm³/mol. The fraction of sp³-hybridized carbons (Fsp3) is 0.889. The topological polar surface area (TPSA) is 173 Å². The Morgan fingerprint density at radius 2 is 1.21 bits per heavy atom. The molecule has 2 saturated heterocycles. The van der Waals surface area contributed by atoms with Gasteiger partial charge in [0.25, 0.3) is 0 Å². The van der Waals surface area contributed by atoms with Gasteiger partial charge in [-0.1, -0.05) is 6.42 Å². The van der Waals surface area contributed by atoms with Crippen LogP contribution in [0.25, 0.3) is 0 Å². The van der Waals surface area contributed by atoms with Crippen molar-refractivity contribution in [3.8, 4) is 0 Å². The summed E-state index contributed by atoms with van der Waals surface area (Å²) in [5.41, 5.74) is 5.31. The SMILES string of the molecule is NC(=S)NCCOCCOCCOCCOCCOCCOCCOCCNC(=O)CCCC[C@@H]1SC[C@@H]2NC(=O)N[C@@H]21. The van der Waals surface area contributed by atoms with Crippen molar-refractivity contribution >= 4 is 41.0 Å². The molecule has 3 amide bonds. The van der Waals surface area contributed by atoms with Crippen LogP contribution in [0.1, 0.15) is 25.7 Å². The predicted octanol–water partition coefficient (Wildman–Crippen LogP) is -0.222. The number of fused-ring (bicyclic) bond motifs is 1. The number of hydrogen-bond acceptors (Lipinski definition) is 11. The smallest absolute Gasteiger partial charge is 0.315 e. The fourth-order valence-electron chi connectivity index (χ4n) is 4.29. The highest BCUT2D eigenvalue weighted by Gasteiger charge is 2.42. The number of nitrogens with one attached hydrogen (secondary N) is 4. The zero-order valence-corrected chi connectivity index (χ0v) is 26.8. The molecule has 0 bridgehead atoms. The third-order valence-corrected chi connectivity index (χ3v) is 8.08. The minimum absolute atomic E-state index is 0.0449. The Labute approximate surface area is 264 Å². The molecule has 0 unspecified atom stereocenters. The van der Waals surface area contributed by atoms with E-state index in [9.17, 15) is 9.59 Å². The molecule has 2 aliphatic heterocycles. The summed E-state index contributed by atoms with van der Waals surface area (Å²) in [6.07, 6.45) is 3.35. The average molecular weight is 654 g/mol. The molecule has 2 fully saturated rings. The Balaban J connectivity index is 1.19. The maximum Gasteiger partial charge on any atom is 0.315 e. The van der Waals surface area contributed by atoms with E-state index in [2.05, 4.69) is 21.3 Å². The van der Waals surface area contributed by atoms with Crippen LogP contribution in [0.5, 0.6) is 0 Å². The number of rotatable bonds is 29. The highest BCUT2D eigenvalue weighted by atomic mass is 32.2. The Morgan fingerprint density at radius 1 is 0.744 bits per heavy atom. The third kappa shape index (κ3) is 20.2. The minimum atomic E-state index is -0.0594. The van der Waals surface area contributed by atoms with Crippen molar-refractivity contribution in [1.82, 2.24) is 21.3 Å². The number of ether oxygens (including phenoxy) is 7. The minimum Gasteiger partial charge on any atom is -0.377 e. The summed E-state index contributed by atoms with van der Waals surface area (Å²) in [7, 11) is 0. The van der Waals surface area contributed by atoms with Crippen molar-refractivity contribution in [2.24, 2.45) is 5.73 Å². The highest BCUT2D eigenvalue weighted by Crippen LogP contribution is 2.33. The van der Waals surface area contributed by atoms with Gasteiger partial charge in [-0.2, -0.15) is 11.8 Å². The largest absolute Gasteiger partial charge is 0.377 e. The quantitative estimate of drug-likeness (QED) is 0.0408. The van der Waals surface area contributed by atoms with Gasteiger partial charge in [-0.3, -0.25) is 4.79 Å². The van der Waals surface area contributed by atoms with Crippen LogP contribution < -0.4 is 27.0 Å². The van der Waals surface area contributed by atoms with Gasteiger partial charge < -0.3 is 60.2 Å². The number of unbranched alkanes of at least 4 members (excludes halogenated alkanes) is 1. The maximum atomic E-state index is 12.0. The lowest BCUT2D eigenvalue weighted by molar-refractivity contribution is -0.121. The second kappa shape index (κ2) is 25.8. The molecule has 0 aromatic rings. The molecule has 14 nitrogen and oxygen atoms in total. The van der Waals surface area contributed by atoms with Crippen molar-refractivity contribution in [2.45, 2.75) is 43.0 Å². The number of hydrogen-bond donors (Lipinski definition) is 5. The van der Waals surface area contributed by atoms with Gasteiger partial charge in [-0.05, 0) is 25.1 Å². The van der Waals surface area contributed by atoms with Gasteiger partial charge in [0.1, 0.15) is 0 Å². The maximum absolute atomic E-state index is 12.0. The van der Waals surface area contributed by atoms with E-state index in [1.807, 2.05) is 11.8 Å². The van der Waals surface area contributed by atoms with E-state index in [1.165, 1.54) is 0 Å². The Morgan fingerprint density at radius 3 is 1.70 bits per heavy atom. The first-order valence-corrected chi connectivity index (χ1v) is 16.5. The molecule has 0 aliphatic carbocycles. The molecule has 2 aliphatic rings. The molecule has 16 heteroatoms. The summed E-state index contributed by atoms with van der Waals surface area (Å²) in [5, 5.41) is 12.3. The number of carbonyl (C=O) groups excluding carboxylic acids is 2. The van der Waals surface area contributed by atoms with E-state index in [4.69, 9.17) is 51.1 Å². The first-order chi connectivity index (χ1) is 21.1. The summed E-state index contributed by atoms with van der Waals surface area (Å²) >= 11 is 6.60. The van der Waals surface area contributed by atoms with Gasteiger partial charge >= 0.3 is 6.03 Å². The summed E-state index contributed by atoms with van der Waals surface area (Å²) < 4.78 is 38.1. The van der Waals surface area contributed by atoms with Crippen LogP contribution >= 0.6 is 24.0 Å². The van der Waals surface area contributed by atoms with Crippen LogP contribution in [0.2, 0.25) is 0 Å². The highest BCUT2D eigenvalue weighted by molar-refractivity contribution is 8.00. The molecule has 250 valence electrons. The van der Waals surface area contributed by atoms with Gasteiger partial charge in [-0.25, -0.2) is 4.79 Å². The summed E-state index contributed by atoms with van der Waals surface area (Å²) in [6, 6.07) is 0.415. The van der Waals surface area contributed by atoms with E-state index >= 15 is 0 Å². The van der Waals surface area contributed by atoms with Crippen LogP contribution in [0.3, 0.4) is 0 Å². The summed E-state index contributed by atoms with van der Waals surface area (Å²) in [6.45, 7) is 7.96. The second-order valence-electron chi connectivity index (χ2n) is 9.80.